The van der Waals surface area contributed by atoms with Gasteiger partial charge in [0.2, 0.25) is 0 Å². The van der Waals surface area contributed by atoms with E-state index in [1.807, 2.05) is 0 Å². The number of nitrogens with zero attached hydrogens (tertiary/aromatic N) is 2. The van der Waals surface area contributed by atoms with Gasteiger partial charge in [-0.3, -0.25) is 0 Å². The molecule has 1 aromatic rings. The van der Waals surface area contributed by atoms with Gasteiger partial charge >= 0.3 is 0 Å². The van der Waals surface area contributed by atoms with Crippen molar-refractivity contribution in [2.24, 2.45) is 0 Å². The predicted octanol–water partition coefficient (Wildman–Crippen LogP) is 0.859. The maximum absolute atomic E-state index is 10.3. The molecule has 10 nitrogen and oxygen atoms in total. The van der Waals surface area contributed by atoms with Crippen molar-refractivity contribution in [1.29, 1.82) is 0 Å². The summed E-state index contributed by atoms with van der Waals surface area (Å²) in [6, 6.07) is 6.60. The van der Waals surface area contributed by atoms with Gasteiger partial charge in [-0.15, -0.1) is 20.2 Å². The Morgan fingerprint density at radius 1 is 1.10 bits per heavy atom. The Morgan fingerprint density at radius 3 is 2.30 bits per heavy atom. The van der Waals surface area contributed by atoms with Gasteiger partial charge in [-0.05, 0) is 12.1 Å². The molecule has 0 aliphatic heterocycles. The van der Waals surface area contributed by atoms with Crippen molar-refractivity contribution in [2.45, 2.75) is 6.10 Å². The molecule has 1 aromatic carbocycles. The van der Waals surface area contributed by atoms with Crippen LogP contribution in [0.25, 0.3) is 0 Å². The summed E-state index contributed by atoms with van der Waals surface area (Å²) < 4.78 is 10.3. The molecule has 0 saturated heterocycles. The fraction of sp³-hybridized carbons (Fsp3) is 0.400. The van der Waals surface area contributed by atoms with Crippen molar-refractivity contribution in [3.8, 4) is 11.5 Å². The zero-order valence-corrected chi connectivity index (χ0v) is 10.5. The summed E-state index contributed by atoms with van der Waals surface area (Å²) in [5.74, 6) is 0.746. The second-order valence-electron chi connectivity index (χ2n) is 3.43. The van der Waals surface area contributed by atoms with Crippen LogP contribution < -0.4 is 9.47 Å². The lowest BCUT2D eigenvalue weighted by molar-refractivity contribution is -0.790. The molecule has 0 N–H and O–H groups in total. The van der Waals surface area contributed by atoms with Crippen LogP contribution in [0.5, 0.6) is 11.5 Å². The molecule has 0 aromatic heterocycles. The smallest absolute Gasteiger partial charge is 0.294 e. The zero-order chi connectivity index (χ0) is 15.0. The third kappa shape index (κ3) is 5.25. The van der Waals surface area contributed by atoms with Gasteiger partial charge in [0.15, 0.2) is 17.6 Å². The van der Waals surface area contributed by atoms with E-state index in [1.165, 1.54) is 7.11 Å². The van der Waals surface area contributed by atoms with Crippen LogP contribution in [0, 0.1) is 20.2 Å². The van der Waals surface area contributed by atoms with Gasteiger partial charge in [0.05, 0.1) is 7.11 Å². The molecule has 0 aliphatic rings. The lowest BCUT2D eigenvalue weighted by atomic mass is 10.3. The summed E-state index contributed by atoms with van der Waals surface area (Å²) in [5.41, 5.74) is 0. The minimum absolute atomic E-state index is 0.310. The normalized spacial score (nSPS) is 11.2. The Hall–Kier alpha value is -2.78. The lowest BCUT2D eigenvalue weighted by Gasteiger charge is -2.16. The van der Waals surface area contributed by atoms with Crippen molar-refractivity contribution >= 4 is 0 Å². The topological polar surface area (TPSA) is 123 Å². The standard InChI is InChI=1S/C10H12N2O8/c1-17-9-4-2-3-5-10(9)18-6-8(20-12(15)16)7-19-11(13)14/h2-5,8H,6-7H2,1H3/t8-/m0/s1. The van der Waals surface area contributed by atoms with E-state index in [1.54, 1.807) is 24.3 Å². The molecule has 1 rings (SSSR count). The molecule has 10 heteroatoms. The van der Waals surface area contributed by atoms with Gasteiger partial charge in [0.1, 0.15) is 13.2 Å². The third-order valence-electron chi connectivity index (χ3n) is 2.09. The number of hydrogen-bond donors (Lipinski definition) is 0. The van der Waals surface area contributed by atoms with Gasteiger partial charge in [-0.1, -0.05) is 12.1 Å². The van der Waals surface area contributed by atoms with Crippen molar-refractivity contribution in [3.05, 3.63) is 44.5 Å². The molecular weight excluding hydrogens is 276 g/mol. The Labute approximate surface area is 113 Å². The number of rotatable bonds is 9. The van der Waals surface area contributed by atoms with E-state index in [4.69, 9.17) is 9.47 Å². The van der Waals surface area contributed by atoms with Crippen LogP contribution in [0.2, 0.25) is 0 Å². The molecule has 0 bridgehead atoms. The molecule has 0 fully saturated rings. The molecule has 0 heterocycles. The highest BCUT2D eigenvalue weighted by atomic mass is 17.0. The van der Waals surface area contributed by atoms with Gasteiger partial charge < -0.3 is 19.1 Å². The van der Waals surface area contributed by atoms with Crippen molar-refractivity contribution in [3.63, 3.8) is 0 Å². The average Bonchev–Trinajstić information content (AvgIpc) is 2.41. The Balaban J connectivity index is 2.60. The van der Waals surface area contributed by atoms with E-state index in [-0.39, 0.29) is 6.61 Å². The first-order valence-electron chi connectivity index (χ1n) is 5.37. The molecule has 0 spiro atoms. The van der Waals surface area contributed by atoms with E-state index >= 15 is 0 Å². The number of para-hydroxylation sites is 2. The molecular formula is C10H12N2O8. The largest absolute Gasteiger partial charge is 0.493 e. The van der Waals surface area contributed by atoms with Gasteiger partial charge in [-0.25, -0.2) is 0 Å². The minimum Gasteiger partial charge on any atom is -0.493 e. The van der Waals surface area contributed by atoms with Crippen molar-refractivity contribution < 1.29 is 29.3 Å². The van der Waals surface area contributed by atoms with Crippen LogP contribution in [0.4, 0.5) is 0 Å². The second kappa shape index (κ2) is 7.61. The fourth-order valence-electron chi connectivity index (χ4n) is 1.30. The van der Waals surface area contributed by atoms with E-state index in [0.717, 1.165) is 0 Å². The van der Waals surface area contributed by atoms with Crippen LogP contribution >= 0.6 is 0 Å². The highest BCUT2D eigenvalue weighted by Crippen LogP contribution is 2.25. The summed E-state index contributed by atoms with van der Waals surface area (Å²) >= 11 is 0. The lowest BCUT2D eigenvalue weighted by Crippen LogP contribution is -2.30. The van der Waals surface area contributed by atoms with E-state index in [0.29, 0.717) is 11.5 Å². The van der Waals surface area contributed by atoms with Crippen molar-refractivity contribution in [2.75, 3.05) is 20.3 Å². The molecule has 1 atom stereocenters. The molecule has 0 amide bonds. The number of ether oxygens (including phenoxy) is 2. The molecule has 0 unspecified atom stereocenters. The first-order chi connectivity index (χ1) is 9.52. The van der Waals surface area contributed by atoms with Crippen LogP contribution in [-0.2, 0) is 9.68 Å². The zero-order valence-electron chi connectivity index (χ0n) is 10.5. The van der Waals surface area contributed by atoms with E-state index < -0.39 is 22.9 Å². The second-order valence-corrected chi connectivity index (χ2v) is 3.43. The fourth-order valence-corrected chi connectivity index (χ4v) is 1.30. The summed E-state index contributed by atoms with van der Waals surface area (Å²) in [7, 11) is 1.43. The summed E-state index contributed by atoms with van der Waals surface area (Å²) in [6.45, 7) is -0.932. The van der Waals surface area contributed by atoms with Crippen molar-refractivity contribution in [1.82, 2.24) is 0 Å². The summed E-state index contributed by atoms with van der Waals surface area (Å²) in [4.78, 5) is 28.6. The maximum atomic E-state index is 10.3. The summed E-state index contributed by atoms with van der Waals surface area (Å²) in [6.07, 6.45) is -1.24. The monoisotopic (exact) mass is 288 g/mol. The molecule has 0 aliphatic carbocycles. The third-order valence-corrected chi connectivity index (χ3v) is 2.09. The molecule has 20 heavy (non-hydrogen) atoms. The van der Waals surface area contributed by atoms with Crippen LogP contribution in [0.3, 0.4) is 0 Å². The quantitative estimate of drug-likeness (QED) is 0.484. The predicted molar refractivity (Wildman–Crippen MR) is 63.3 cm³/mol. The first kappa shape index (κ1) is 15.3. The average molecular weight is 288 g/mol. The van der Waals surface area contributed by atoms with Gasteiger partial charge in [-0.2, -0.15) is 0 Å². The number of methoxy groups -OCH3 is 1. The molecule has 0 radical (unpaired) electrons. The SMILES string of the molecule is COc1ccccc1OC[C@@H](CO[N+](=O)[O-])O[N+](=O)[O-]. The van der Waals surface area contributed by atoms with Gasteiger partial charge in [0.25, 0.3) is 10.2 Å². The maximum Gasteiger partial charge on any atom is 0.294 e. The number of benzene rings is 1. The first-order valence-corrected chi connectivity index (χ1v) is 5.37. The van der Waals surface area contributed by atoms with Gasteiger partial charge in [0, 0.05) is 0 Å². The molecule has 0 saturated carbocycles. The Bertz CT molecular complexity index is 466. The van der Waals surface area contributed by atoms with E-state index in [2.05, 4.69) is 9.68 Å². The van der Waals surface area contributed by atoms with Crippen LogP contribution in [0.15, 0.2) is 24.3 Å². The van der Waals surface area contributed by atoms with Crippen LogP contribution in [-0.4, -0.2) is 36.6 Å². The molecule has 110 valence electrons. The minimum atomic E-state index is -1.24. The highest BCUT2D eigenvalue weighted by molar-refractivity contribution is 5.39. The Kier molecular flexibility index (Phi) is 5.81. The summed E-state index contributed by atoms with van der Waals surface area (Å²) in [5, 5.41) is 18.2. The van der Waals surface area contributed by atoms with E-state index in [9.17, 15) is 20.2 Å². The highest BCUT2D eigenvalue weighted by Gasteiger charge is 2.17. The van der Waals surface area contributed by atoms with Crippen LogP contribution in [0.1, 0.15) is 0 Å². The Morgan fingerprint density at radius 2 is 1.75 bits per heavy atom. The number of hydrogen-bond acceptors (Lipinski definition) is 8.